The molecule has 1 aliphatic rings. The highest BCUT2D eigenvalue weighted by atomic mass is 35.5. The molecule has 0 aliphatic heterocycles. The van der Waals surface area contributed by atoms with Gasteiger partial charge in [-0.1, -0.05) is 24.9 Å². The molecule has 0 radical (unpaired) electrons. The van der Waals surface area contributed by atoms with Crippen LogP contribution >= 0.6 is 11.6 Å². The van der Waals surface area contributed by atoms with Gasteiger partial charge in [-0.3, -0.25) is 4.79 Å². The summed E-state index contributed by atoms with van der Waals surface area (Å²) >= 11 is 6.02. The summed E-state index contributed by atoms with van der Waals surface area (Å²) in [6, 6.07) is 5.64. The first-order valence-corrected chi connectivity index (χ1v) is 6.85. The molecule has 1 saturated carbocycles. The van der Waals surface area contributed by atoms with E-state index < -0.39 is 0 Å². The quantitative estimate of drug-likeness (QED) is 0.797. The van der Waals surface area contributed by atoms with Gasteiger partial charge in [0, 0.05) is 33.6 Å². The maximum absolute atomic E-state index is 12.6. The van der Waals surface area contributed by atoms with Crippen LogP contribution in [0.2, 0.25) is 5.02 Å². The van der Waals surface area contributed by atoms with E-state index >= 15 is 0 Å². The number of ketones is 1. The van der Waals surface area contributed by atoms with Crippen molar-refractivity contribution in [2.24, 2.45) is 11.8 Å². The Balaban J connectivity index is 2.03. The van der Waals surface area contributed by atoms with Crippen LogP contribution in [0.1, 0.15) is 36.5 Å². The summed E-state index contributed by atoms with van der Waals surface area (Å²) in [6.07, 6.45) is 5.18. The topological polar surface area (TPSA) is 32.9 Å². The van der Waals surface area contributed by atoms with Crippen LogP contribution in [0.4, 0.5) is 0 Å². The van der Waals surface area contributed by atoms with Gasteiger partial charge < -0.3 is 4.98 Å². The molecule has 1 heterocycles. The second-order valence-corrected chi connectivity index (χ2v) is 5.71. The van der Waals surface area contributed by atoms with Crippen LogP contribution in [0, 0.1) is 11.8 Å². The number of benzene rings is 1. The number of nitrogens with one attached hydrogen (secondary N) is 1. The Bertz CT molecular complexity index is 602. The van der Waals surface area contributed by atoms with Crippen LogP contribution in [0.25, 0.3) is 10.9 Å². The molecule has 0 bridgehead atoms. The summed E-state index contributed by atoms with van der Waals surface area (Å²) < 4.78 is 0. The molecule has 1 aromatic heterocycles. The van der Waals surface area contributed by atoms with Crippen molar-refractivity contribution in [3.63, 3.8) is 0 Å². The molecule has 0 saturated heterocycles. The van der Waals surface area contributed by atoms with E-state index in [0.29, 0.717) is 10.9 Å². The summed E-state index contributed by atoms with van der Waals surface area (Å²) in [5.74, 6) is 0.957. The van der Waals surface area contributed by atoms with E-state index in [0.717, 1.165) is 22.9 Å². The molecule has 2 nitrogen and oxygen atoms in total. The molecule has 2 atom stereocenters. The van der Waals surface area contributed by atoms with Gasteiger partial charge in [-0.2, -0.15) is 0 Å². The summed E-state index contributed by atoms with van der Waals surface area (Å²) in [4.78, 5) is 15.7. The van der Waals surface area contributed by atoms with Crippen molar-refractivity contribution in [3.05, 3.63) is 35.0 Å². The number of carbonyl (C=O) groups is 1. The molecule has 3 rings (SSSR count). The van der Waals surface area contributed by atoms with E-state index in [1.165, 1.54) is 12.8 Å². The number of fused-ring (bicyclic) bond motifs is 1. The third-order valence-electron chi connectivity index (χ3n) is 4.11. The van der Waals surface area contributed by atoms with Gasteiger partial charge in [0.05, 0.1) is 0 Å². The Morgan fingerprint density at radius 2 is 2.22 bits per heavy atom. The first kappa shape index (κ1) is 11.8. The number of H-pyrrole nitrogens is 1. The zero-order valence-corrected chi connectivity index (χ0v) is 11.1. The molecule has 3 heteroatoms. The minimum absolute atomic E-state index is 0.183. The second kappa shape index (κ2) is 4.43. The number of aromatic nitrogens is 1. The highest BCUT2D eigenvalue weighted by molar-refractivity contribution is 6.31. The summed E-state index contributed by atoms with van der Waals surface area (Å²) in [6.45, 7) is 2.18. The lowest BCUT2D eigenvalue weighted by atomic mass is 9.89. The highest BCUT2D eigenvalue weighted by Gasteiger charge is 2.31. The fourth-order valence-corrected chi connectivity index (χ4v) is 3.20. The Hall–Kier alpha value is -1.28. The number of Topliss-reactive ketones (excluding diaryl/α,β-unsaturated/α-hetero) is 1. The van der Waals surface area contributed by atoms with Crippen molar-refractivity contribution in [1.82, 2.24) is 4.98 Å². The molecule has 2 unspecified atom stereocenters. The molecule has 1 N–H and O–H groups in total. The predicted molar refractivity (Wildman–Crippen MR) is 74.1 cm³/mol. The summed E-state index contributed by atoms with van der Waals surface area (Å²) in [5, 5.41) is 1.63. The monoisotopic (exact) mass is 261 g/mol. The lowest BCUT2D eigenvalue weighted by molar-refractivity contribution is 0.0899. The lowest BCUT2D eigenvalue weighted by Crippen LogP contribution is -2.16. The minimum atomic E-state index is 0.183. The van der Waals surface area contributed by atoms with Crippen LogP contribution in [0.3, 0.4) is 0 Å². The van der Waals surface area contributed by atoms with Gasteiger partial charge in [0.2, 0.25) is 0 Å². The average Bonchev–Trinajstić information content (AvgIpc) is 2.94. The zero-order chi connectivity index (χ0) is 12.7. The van der Waals surface area contributed by atoms with E-state index in [4.69, 9.17) is 11.6 Å². The van der Waals surface area contributed by atoms with Gasteiger partial charge in [0.25, 0.3) is 0 Å². The molecule has 2 aromatic rings. The molecular formula is C15H16ClNO. The number of carbonyl (C=O) groups excluding carboxylic acids is 1. The SMILES string of the molecule is CC1CCCC1C(=O)c1c[nH]c2ccc(Cl)cc12. The van der Waals surface area contributed by atoms with Crippen molar-refractivity contribution in [1.29, 1.82) is 0 Å². The molecule has 94 valence electrons. The fraction of sp³-hybridized carbons (Fsp3) is 0.400. The number of hydrogen-bond acceptors (Lipinski definition) is 1. The summed E-state index contributed by atoms with van der Waals surface area (Å²) in [7, 11) is 0. The minimum Gasteiger partial charge on any atom is -0.360 e. The van der Waals surface area contributed by atoms with E-state index in [1.54, 1.807) is 0 Å². The highest BCUT2D eigenvalue weighted by Crippen LogP contribution is 2.35. The van der Waals surface area contributed by atoms with Crippen molar-refractivity contribution in [3.8, 4) is 0 Å². The van der Waals surface area contributed by atoms with Crippen molar-refractivity contribution < 1.29 is 4.79 Å². The maximum atomic E-state index is 12.6. The molecule has 18 heavy (non-hydrogen) atoms. The van der Waals surface area contributed by atoms with E-state index in [9.17, 15) is 4.79 Å². The van der Waals surface area contributed by atoms with Crippen LogP contribution in [0.5, 0.6) is 0 Å². The standard InChI is InChI=1S/C15H16ClNO/c1-9-3-2-4-11(9)15(18)13-8-17-14-6-5-10(16)7-12(13)14/h5-9,11,17H,2-4H2,1H3. The first-order valence-electron chi connectivity index (χ1n) is 6.47. The second-order valence-electron chi connectivity index (χ2n) is 5.27. The smallest absolute Gasteiger partial charge is 0.168 e. The largest absolute Gasteiger partial charge is 0.360 e. The van der Waals surface area contributed by atoms with E-state index in [-0.39, 0.29) is 11.7 Å². The molecule has 1 fully saturated rings. The van der Waals surface area contributed by atoms with Crippen LogP contribution in [-0.2, 0) is 0 Å². The first-order chi connectivity index (χ1) is 8.66. The normalized spacial score (nSPS) is 23.7. The molecule has 1 aliphatic carbocycles. The van der Waals surface area contributed by atoms with Crippen LogP contribution in [0.15, 0.2) is 24.4 Å². The van der Waals surface area contributed by atoms with Crippen molar-refractivity contribution in [2.75, 3.05) is 0 Å². The van der Waals surface area contributed by atoms with Gasteiger partial charge >= 0.3 is 0 Å². The number of aromatic amines is 1. The lowest BCUT2D eigenvalue weighted by Gasteiger charge is -2.13. The zero-order valence-electron chi connectivity index (χ0n) is 10.4. The maximum Gasteiger partial charge on any atom is 0.168 e. The Kier molecular flexibility index (Phi) is 2.90. The van der Waals surface area contributed by atoms with Gasteiger partial charge in [-0.15, -0.1) is 0 Å². The van der Waals surface area contributed by atoms with Crippen molar-refractivity contribution >= 4 is 28.3 Å². The molecule has 0 spiro atoms. The third kappa shape index (κ3) is 1.85. The average molecular weight is 262 g/mol. The number of rotatable bonds is 2. The molecular weight excluding hydrogens is 246 g/mol. The Morgan fingerprint density at radius 3 is 2.94 bits per heavy atom. The van der Waals surface area contributed by atoms with Gasteiger partial charge in [-0.05, 0) is 37.0 Å². The number of hydrogen-bond donors (Lipinski definition) is 1. The van der Waals surface area contributed by atoms with Gasteiger partial charge in [-0.25, -0.2) is 0 Å². The van der Waals surface area contributed by atoms with Crippen LogP contribution < -0.4 is 0 Å². The van der Waals surface area contributed by atoms with Crippen molar-refractivity contribution in [2.45, 2.75) is 26.2 Å². The Morgan fingerprint density at radius 1 is 1.39 bits per heavy atom. The predicted octanol–water partition coefficient (Wildman–Crippen LogP) is 4.44. The number of halogens is 1. The molecule has 1 aromatic carbocycles. The Labute approximate surface area is 111 Å². The van der Waals surface area contributed by atoms with Crippen LogP contribution in [-0.4, -0.2) is 10.8 Å². The fourth-order valence-electron chi connectivity index (χ4n) is 3.03. The summed E-state index contributed by atoms with van der Waals surface area (Å²) in [5.41, 5.74) is 1.78. The third-order valence-corrected chi connectivity index (χ3v) is 4.34. The van der Waals surface area contributed by atoms with E-state index in [1.807, 2.05) is 24.4 Å². The van der Waals surface area contributed by atoms with Gasteiger partial charge in [0.1, 0.15) is 0 Å². The molecule has 0 amide bonds. The van der Waals surface area contributed by atoms with Gasteiger partial charge in [0.15, 0.2) is 5.78 Å². The van der Waals surface area contributed by atoms with E-state index in [2.05, 4.69) is 11.9 Å².